The fraction of sp³-hybridized carbons (Fsp3) is 0.485. The zero-order chi connectivity index (χ0) is 51.0. The average molecular weight is 1010 g/mol. The van der Waals surface area contributed by atoms with Crippen molar-refractivity contribution < 1.29 is 0 Å². The fourth-order valence-electron chi connectivity index (χ4n) is 15.0. The zero-order valence-corrected chi connectivity index (χ0v) is 48.6. The molecule has 13 rings (SSSR count). The molecule has 0 bridgehead atoms. The Kier molecular flexibility index (Phi) is 9.71. The molecule has 0 atom stereocenters. The highest BCUT2D eigenvalue weighted by Crippen LogP contribution is 2.58. The van der Waals surface area contributed by atoms with E-state index in [0.717, 1.165) is 5.02 Å². The van der Waals surface area contributed by atoms with E-state index in [0.29, 0.717) is 0 Å². The molecule has 372 valence electrons. The number of hydrogen-bond acceptors (Lipinski definition) is 4. The van der Waals surface area contributed by atoms with Crippen molar-refractivity contribution in [3.05, 3.63) is 122 Å². The SMILES string of the molecule is CC1(C)CCC(C)(C)c2cc(N3c4cc(Cl)cc5c4B(c4sc6cc7c(cc6c43)C(C)(C)CCC7(C)C)c3sc4cc6c(cc4c3N5c3ccc4c(c3)C(C)(C)CCC4(C)C)C(C)(C)CCC6(C)C)ccc21. The van der Waals surface area contributed by atoms with Crippen molar-refractivity contribution in [1.82, 2.24) is 0 Å². The Morgan fingerprint density at radius 3 is 1.00 bits per heavy atom. The lowest BCUT2D eigenvalue weighted by molar-refractivity contribution is 0.332. The van der Waals surface area contributed by atoms with Crippen LogP contribution in [-0.2, 0) is 43.3 Å². The van der Waals surface area contributed by atoms with Gasteiger partial charge in [0.05, 0.1) is 11.4 Å². The van der Waals surface area contributed by atoms with Crippen LogP contribution in [0.25, 0.3) is 20.2 Å². The zero-order valence-electron chi connectivity index (χ0n) is 46.3. The first-order valence-corrected chi connectivity index (χ1v) is 29.5. The van der Waals surface area contributed by atoms with Gasteiger partial charge in [0.2, 0.25) is 0 Å². The predicted octanol–water partition coefficient (Wildman–Crippen LogP) is 18.2. The summed E-state index contributed by atoms with van der Waals surface area (Å²) in [6, 6.07) is 30.3. The second-order valence-electron chi connectivity index (χ2n) is 28.9. The summed E-state index contributed by atoms with van der Waals surface area (Å²) in [6.07, 6.45) is 9.49. The van der Waals surface area contributed by atoms with Crippen molar-refractivity contribution in [3.8, 4) is 0 Å². The molecule has 0 fully saturated rings. The Bertz CT molecular complexity index is 3310. The number of rotatable bonds is 2. The van der Waals surface area contributed by atoms with E-state index in [4.69, 9.17) is 11.6 Å². The molecule has 2 aliphatic heterocycles. The van der Waals surface area contributed by atoms with Crippen LogP contribution in [0, 0.1) is 0 Å². The summed E-state index contributed by atoms with van der Waals surface area (Å²) in [5.41, 5.74) is 21.8. The van der Waals surface area contributed by atoms with E-state index in [9.17, 15) is 0 Å². The number of nitrogens with zero attached hydrogens (tertiary/aromatic N) is 2. The Morgan fingerprint density at radius 1 is 0.375 bits per heavy atom. The van der Waals surface area contributed by atoms with Gasteiger partial charge in [0.25, 0.3) is 6.71 Å². The van der Waals surface area contributed by atoms with Gasteiger partial charge < -0.3 is 9.80 Å². The maximum atomic E-state index is 7.75. The van der Waals surface area contributed by atoms with Crippen LogP contribution in [0.15, 0.2) is 72.8 Å². The molecule has 5 aromatic carbocycles. The fourth-order valence-corrected chi connectivity index (χ4v) is 18.0. The summed E-state index contributed by atoms with van der Waals surface area (Å²) >= 11 is 11.9. The van der Waals surface area contributed by atoms with Crippen molar-refractivity contribution in [1.29, 1.82) is 0 Å². The molecule has 4 aliphatic carbocycles. The van der Waals surface area contributed by atoms with Crippen LogP contribution in [0.3, 0.4) is 0 Å². The molecule has 7 aromatic rings. The first-order chi connectivity index (χ1) is 33.5. The molecule has 0 unspecified atom stereocenters. The van der Waals surface area contributed by atoms with Gasteiger partial charge in [0.1, 0.15) is 0 Å². The van der Waals surface area contributed by atoms with Gasteiger partial charge in [0, 0.05) is 57.5 Å². The topological polar surface area (TPSA) is 6.48 Å². The van der Waals surface area contributed by atoms with E-state index in [1.54, 1.807) is 0 Å². The molecule has 4 heterocycles. The van der Waals surface area contributed by atoms with E-state index in [1.165, 1.54) is 165 Å². The van der Waals surface area contributed by atoms with Crippen molar-refractivity contribution in [2.75, 3.05) is 9.80 Å². The normalized spacial score (nSPS) is 22.6. The van der Waals surface area contributed by atoms with E-state index in [-0.39, 0.29) is 50.0 Å². The van der Waals surface area contributed by atoms with Gasteiger partial charge in [-0.2, -0.15) is 0 Å². The van der Waals surface area contributed by atoms with Crippen LogP contribution < -0.4 is 24.8 Å². The second-order valence-corrected chi connectivity index (χ2v) is 31.5. The van der Waals surface area contributed by atoms with Gasteiger partial charge in [-0.15, -0.1) is 22.7 Å². The molecule has 72 heavy (non-hydrogen) atoms. The van der Waals surface area contributed by atoms with Gasteiger partial charge in [-0.1, -0.05) is 135 Å². The number of hydrogen-bond donors (Lipinski definition) is 0. The molecular weight excluding hydrogens is 931 g/mol. The van der Waals surface area contributed by atoms with Gasteiger partial charge in [-0.25, -0.2) is 0 Å². The molecule has 0 saturated heterocycles. The molecule has 6 heteroatoms. The maximum Gasteiger partial charge on any atom is 0.277 e. The van der Waals surface area contributed by atoms with E-state index >= 15 is 0 Å². The third-order valence-electron chi connectivity index (χ3n) is 20.4. The molecule has 6 aliphatic rings. The van der Waals surface area contributed by atoms with Gasteiger partial charge in [0.15, 0.2) is 0 Å². The van der Waals surface area contributed by atoms with E-state index in [2.05, 4.69) is 216 Å². The van der Waals surface area contributed by atoms with Crippen LogP contribution in [-0.4, -0.2) is 6.71 Å². The minimum atomic E-state index is 0.0386. The minimum absolute atomic E-state index is 0.0386. The van der Waals surface area contributed by atoms with E-state index < -0.39 is 0 Å². The van der Waals surface area contributed by atoms with Crippen molar-refractivity contribution in [2.45, 2.75) is 205 Å². The monoisotopic (exact) mass is 1010 g/mol. The maximum absolute atomic E-state index is 7.75. The summed E-state index contributed by atoms with van der Waals surface area (Å²) in [5, 5.41) is 3.54. The lowest BCUT2D eigenvalue weighted by Gasteiger charge is -2.45. The summed E-state index contributed by atoms with van der Waals surface area (Å²) in [4.78, 5) is 5.39. The van der Waals surface area contributed by atoms with Crippen LogP contribution >= 0.6 is 34.3 Å². The average Bonchev–Trinajstić information content (AvgIpc) is 3.87. The van der Waals surface area contributed by atoms with Crippen molar-refractivity contribution in [2.24, 2.45) is 0 Å². The smallest absolute Gasteiger partial charge is 0.277 e. The summed E-state index contributed by atoms with van der Waals surface area (Å²) < 4.78 is 5.72. The van der Waals surface area contributed by atoms with E-state index in [1.807, 2.05) is 0 Å². The highest BCUT2D eigenvalue weighted by Gasteiger charge is 2.50. The highest BCUT2D eigenvalue weighted by molar-refractivity contribution is 7.40. The second kappa shape index (κ2) is 14.7. The Labute approximate surface area is 445 Å². The van der Waals surface area contributed by atoms with Crippen LogP contribution in [0.5, 0.6) is 0 Å². The molecule has 0 spiro atoms. The lowest BCUT2D eigenvalue weighted by atomic mass is 9.39. The molecular formula is C66H76BClN2S2. The van der Waals surface area contributed by atoms with Crippen LogP contribution in [0.1, 0.15) is 207 Å². The molecule has 2 aromatic heterocycles. The molecule has 2 nitrogen and oxygen atoms in total. The minimum Gasteiger partial charge on any atom is -0.310 e. The van der Waals surface area contributed by atoms with Crippen LogP contribution in [0.4, 0.5) is 34.1 Å². The third kappa shape index (κ3) is 6.57. The molecule has 0 N–H and O–H groups in total. The summed E-state index contributed by atoms with van der Waals surface area (Å²) in [5.74, 6) is 0. The van der Waals surface area contributed by atoms with Gasteiger partial charge >= 0.3 is 0 Å². The highest BCUT2D eigenvalue weighted by atomic mass is 35.5. The first-order valence-electron chi connectivity index (χ1n) is 27.5. The Hall–Kier alpha value is -4.03. The Morgan fingerprint density at radius 2 is 0.667 bits per heavy atom. The molecule has 0 saturated carbocycles. The number of benzene rings is 5. The number of fused-ring (bicyclic) bond motifs is 12. The van der Waals surface area contributed by atoms with Crippen molar-refractivity contribution in [3.63, 3.8) is 0 Å². The Balaban J connectivity index is 1.17. The largest absolute Gasteiger partial charge is 0.310 e. The lowest BCUT2D eigenvalue weighted by Crippen LogP contribution is -2.59. The molecule has 0 radical (unpaired) electrons. The molecule has 0 amide bonds. The number of thiophene rings is 2. The quantitative estimate of drug-likeness (QED) is 0.159. The summed E-state index contributed by atoms with van der Waals surface area (Å²) in [6.45, 7) is 39.6. The van der Waals surface area contributed by atoms with Gasteiger partial charge in [-0.3, -0.25) is 0 Å². The van der Waals surface area contributed by atoms with Crippen molar-refractivity contribution >= 4 is 110 Å². The van der Waals surface area contributed by atoms with Crippen LogP contribution in [0.2, 0.25) is 5.02 Å². The predicted molar refractivity (Wildman–Crippen MR) is 317 cm³/mol. The van der Waals surface area contributed by atoms with Gasteiger partial charge in [-0.05, 0) is 205 Å². The number of halogens is 1. The first kappa shape index (κ1) is 47.7. The third-order valence-corrected chi connectivity index (χ3v) is 23.0. The standard InChI is InChI=1S/C66H76BClN2S2/c1-59(2)21-23-61(5,6)44-31-38(17-19-42(44)59)69-50-29-37(68)30-51-54(50)67(57-55(69)40-33-46-48(35-52(40)71-57)65(13,14)27-25-63(46,9)10)58-56(41-34-47-49(36-53(41)72-58)66(15,16)28-26-64(47,11)12)70(51)39-18-20-43-45(32-39)62(7,8)24-22-60(43,3)4/h17-20,29-36H,21-28H2,1-16H3. The number of anilines is 6. The summed E-state index contributed by atoms with van der Waals surface area (Å²) in [7, 11) is 0.